The van der Waals surface area contributed by atoms with Gasteiger partial charge in [0.25, 0.3) is 0 Å². The standard InChI is InChI=1S/C7H12N2O2/c1-2-11-7(10)3-5-9-6-4-8/h9H,2-3,5-6H2,1H3. The minimum Gasteiger partial charge on any atom is -0.466 e. The van der Waals surface area contributed by atoms with Gasteiger partial charge in [0.05, 0.1) is 25.6 Å². The van der Waals surface area contributed by atoms with Crippen LogP contribution in [-0.4, -0.2) is 25.7 Å². The number of esters is 1. The molecule has 0 aliphatic carbocycles. The largest absolute Gasteiger partial charge is 0.466 e. The van der Waals surface area contributed by atoms with E-state index >= 15 is 0 Å². The first-order valence-corrected chi connectivity index (χ1v) is 3.54. The first kappa shape index (κ1) is 9.92. The lowest BCUT2D eigenvalue weighted by molar-refractivity contribution is -0.142. The number of nitriles is 1. The normalized spacial score (nSPS) is 8.73. The molecule has 11 heavy (non-hydrogen) atoms. The van der Waals surface area contributed by atoms with E-state index in [0.717, 1.165) is 0 Å². The Labute approximate surface area is 66.1 Å². The monoisotopic (exact) mass is 156 g/mol. The lowest BCUT2D eigenvalue weighted by atomic mass is 10.4. The van der Waals surface area contributed by atoms with Crippen molar-refractivity contribution in [1.29, 1.82) is 5.26 Å². The summed E-state index contributed by atoms with van der Waals surface area (Å²) >= 11 is 0. The molecule has 0 fully saturated rings. The van der Waals surface area contributed by atoms with E-state index in [-0.39, 0.29) is 12.5 Å². The van der Waals surface area contributed by atoms with E-state index in [2.05, 4.69) is 10.1 Å². The van der Waals surface area contributed by atoms with Gasteiger partial charge in [0, 0.05) is 6.54 Å². The Morgan fingerprint density at radius 1 is 1.73 bits per heavy atom. The minimum absolute atomic E-state index is 0.224. The Bertz CT molecular complexity index is 151. The molecule has 1 N–H and O–H groups in total. The molecule has 0 aliphatic rings. The van der Waals surface area contributed by atoms with Crippen molar-refractivity contribution in [2.75, 3.05) is 19.7 Å². The zero-order valence-corrected chi connectivity index (χ0v) is 6.59. The maximum absolute atomic E-state index is 10.7. The van der Waals surface area contributed by atoms with Crippen LogP contribution in [0, 0.1) is 11.3 Å². The fourth-order valence-electron chi connectivity index (χ4n) is 0.568. The summed E-state index contributed by atoms with van der Waals surface area (Å²) in [4.78, 5) is 10.7. The van der Waals surface area contributed by atoms with Crippen LogP contribution in [0.4, 0.5) is 0 Å². The van der Waals surface area contributed by atoms with Crippen LogP contribution in [0.1, 0.15) is 13.3 Å². The van der Waals surface area contributed by atoms with Crippen LogP contribution in [0.2, 0.25) is 0 Å². The van der Waals surface area contributed by atoms with E-state index in [0.29, 0.717) is 19.6 Å². The molecular weight excluding hydrogens is 144 g/mol. The highest BCUT2D eigenvalue weighted by atomic mass is 16.5. The molecule has 0 amide bonds. The molecule has 62 valence electrons. The zero-order valence-electron chi connectivity index (χ0n) is 6.59. The Morgan fingerprint density at radius 3 is 3.00 bits per heavy atom. The Kier molecular flexibility index (Phi) is 6.34. The van der Waals surface area contributed by atoms with E-state index in [1.54, 1.807) is 6.92 Å². The van der Waals surface area contributed by atoms with E-state index in [4.69, 9.17) is 5.26 Å². The zero-order chi connectivity index (χ0) is 8.53. The van der Waals surface area contributed by atoms with Crippen molar-refractivity contribution in [2.45, 2.75) is 13.3 Å². The highest BCUT2D eigenvalue weighted by molar-refractivity contribution is 5.69. The topological polar surface area (TPSA) is 62.1 Å². The number of nitrogens with zero attached hydrogens (tertiary/aromatic N) is 1. The van der Waals surface area contributed by atoms with Gasteiger partial charge in [0.1, 0.15) is 0 Å². The van der Waals surface area contributed by atoms with E-state index in [1.165, 1.54) is 0 Å². The molecule has 0 heterocycles. The first-order valence-electron chi connectivity index (χ1n) is 3.54. The number of hydrogen-bond donors (Lipinski definition) is 1. The molecule has 0 rings (SSSR count). The van der Waals surface area contributed by atoms with Crippen LogP contribution in [-0.2, 0) is 9.53 Å². The van der Waals surface area contributed by atoms with Gasteiger partial charge in [-0.1, -0.05) is 0 Å². The van der Waals surface area contributed by atoms with Crippen LogP contribution in [0.25, 0.3) is 0 Å². The molecule has 4 heteroatoms. The van der Waals surface area contributed by atoms with Crippen LogP contribution >= 0.6 is 0 Å². The summed E-state index contributed by atoms with van der Waals surface area (Å²) in [6.45, 7) is 2.96. The van der Waals surface area contributed by atoms with Crippen LogP contribution in [0.5, 0.6) is 0 Å². The maximum Gasteiger partial charge on any atom is 0.307 e. The van der Waals surface area contributed by atoms with Gasteiger partial charge < -0.3 is 10.1 Å². The summed E-state index contributed by atoms with van der Waals surface area (Å²) in [5.41, 5.74) is 0. The molecule has 0 radical (unpaired) electrons. The quantitative estimate of drug-likeness (QED) is 0.347. The molecule has 0 saturated heterocycles. The van der Waals surface area contributed by atoms with Crippen LogP contribution < -0.4 is 5.32 Å². The van der Waals surface area contributed by atoms with E-state index < -0.39 is 0 Å². The van der Waals surface area contributed by atoms with Crippen molar-refractivity contribution in [3.63, 3.8) is 0 Å². The average Bonchev–Trinajstić information content (AvgIpc) is 1.99. The number of hydrogen-bond acceptors (Lipinski definition) is 4. The van der Waals surface area contributed by atoms with Crippen molar-refractivity contribution < 1.29 is 9.53 Å². The lowest BCUT2D eigenvalue weighted by Crippen LogP contribution is -2.19. The van der Waals surface area contributed by atoms with Gasteiger partial charge in [0.15, 0.2) is 0 Å². The lowest BCUT2D eigenvalue weighted by Gasteiger charge is -2.00. The summed E-state index contributed by atoms with van der Waals surface area (Å²) in [5, 5.41) is 10.9. The van der Waals surface area contributed by atoms with Crippen molar-refractivity contribution in [3.8, 4) is 6.07 Å². The third kappa shape index (κ3) is 6.81. The van der Waals surface area contributed by atoms with Gasteiger partial charge in [-0.15, -0.1) is 0 Å². The number of nitrogens with one attached hydrogen (secondary N) is 1. The molecule has 0 aromatic carbocycles. The molecule has 0 aliphatic heterocycles. The predicted molar refractivity (Wildman–Crippen MR) is 39.7 cm³/mol. The molecule has 0 aromatic rings. The van der Waals surface area contributed by atoms with Crippen molar-refractivity contribution in [3.05, 3.63) is 0 Å². The molecular formula is C7H12N2O2. The molecule has 4 nitrogen and oxygen atoms in total. The molecule has 0 aromatic heterocycles. The molecule has 0 atom stereocenters. The van der Waals surface area contributed by atoms with Gasteiger partial charge in [-0.2, -0.15) is 5.26 Å². The summed E-state index contributed by atoms with van der Waals surface area (Å²) in [6, 6.07) is 1.91. The number of carbonyl (C=O) groups excluding carboxylic acids is 1. The van der Waals surface area contributed by atoms with Gasteiger partial charge in [0.2, 0.25) is 0 Å². The predicted octanol–water partition coefficient (Wildman–Crippen LogP) is 0.0528. The second-order valence-corrected chi connectivity index (χ2v) is 1.89. The van der Waals surface area contributed by atoms with E-state index in [1.807, 2.05) is 6.07 Å². The summed E-state index contributed by atoms with van der Waals surface area (Å²) in [6.07, 6.45) is 0.329. The molecule has 0 unspecified atom stereocenters. The van der Waals surface area contributed by atoms with Gasteiger partial charge in [-0.25, -0.2) is 0 Å². The highest BCUT2D eigenvalue weighted by Gasteiger charge is 1.98. The summed E-state index contributed by atoms with van der Waals surface area (Å²) in [7, 11) is 0. The fourth-order valence-corrected chi connectivity index (χ4v) is 0.568. The highest BCUT2D eigenvalue weighted by Crippen LogP contribution is 1.82. The van der Waals surface area contributed by atoms with Gasteiger partial charge in [-0.3, -0.25) is 4.79 Å². The summed E-state index contributed by atoms with van der Waals surface area (Å²) < 4.78 is 4.66. The second-order valence-electron chi connectivity index (χ2n) is 1.89. The SMILES string of the molecule is CCOC(=O)CCNCC#N. The van der Waals surface area contributed by atoms with Gasteiger partial charge in [-0.05, 0) is 6.92 Å². The Balaban J connectivity index is 3.12. The third-order valence-electron chi connectivity index (χ3n) is 1.02. The summed E-state index contributed by atoms with van der Waals surface area (Å²) in [5.74, 6) is -0.224. The van der Waals surface area contributed by atoms with Crippen LogP contribution in [0.3, 0.4) is 0 Å². The maximum atomic E-state index is 10.7. The molecule has 0 spiro atoms. The Morgan fingerprint density at radius 2 is 2.45 bits per heavy atom. The first-order chi connectivity index (χ1) is 5.31. The number of ether oxygens (including phenoxy) is 1. The minimum atomic E-state index is -0.224. The van der Waals surface area contributed by atoms with Crippen molar-refractivity contribution in [1.82, 2.24) is 5.32 Å². The van der Waals surface area contributed by atoms with Gasteiger partial charge >= 0.3 is 5.97 Å². The third-order valence-corrected chi connectivity index (χ3v) is 1.02. The Hall–Kier alpha value is -1.08. The smallest absolute Gasteiger partial charge is 0.307 e. The molecule has 0 saturated carbocycles. The number of carbonyl (C=O) groups is 1. The van der Waals surface area contributed by atoms with Crippen LogP contribution in [0.15, 0.2) is 0 Å². The molecule has 0 bridgehead atoms. The van der Waals surface area contributed by atoms with Crippen molar-refractivity contribution in [2.24, 2.45) is 0 Å². The fraction of sp³-hybridized carbons (Fsp3) is 0.714. The average molecular weight is 156 g/mol. The van der Waals surface area contributed by atoms with E-state index in [9.17, 15) is 4.79 Å². The second kappa shape index (κ2) is 7.03. The van der Waals surface area contributed by atoms with Crippen molar-refractivity contribution >= 4 is 5.97 Å². The number of rotatable bonds is 5.